The van der Waals surface area contributed by atoms with Crippen LogP contribution in [-0.2, 0) is 14.8 Å². The first-order valence-electron chi connectivity index (χ1n) is 9.96. The predicted molar refractivity (Wildman–Crippen MR) is 120 cm³/mol. The minimum absolute atomic E-state index is 0.00769. The summed E-state index contributed by atoms with van der Waals surface area (Å²) in [6.45, 7) is 0.949. The maximum atomic E-state index is 12.8. The van der Waals surface area contributed by atoms with Gasteiger partial charge in [0.2, 0.25) is 15.9 Å². The summed E-state index contributed by atoms with van der Waals surface area (Å²) in [7, 11) is -1.07. The molecule has 0 heterocycles. The normalized spacial score (nSPS) is 11.8. The zero-order valence-corrected chi connectivity index (χ0v) is 19.5. The summed E-state index contributed by atoms with van der Waals surface area (Å²) in [5.41, 5.74) is 0.324. The van der Waals surface area contributed by atoms with E-state index in [-0.39, 0.29) is 33.4 Å². The van der Waals surface area contributed by atoms with Crippen molar-refractivity contribution in [3.8, 4) is 17.2 Å². The van der Waals surface area contributed by atoms with Crippen molar-refractivity contribution in [3.05, 3.63) is 48.0 Å². The van der Waals surface area contributed by atoms with Crippen molar-refractivity contribution in [2.75, 3.05) is 32.6 Å². The number of nitrogens with one attached hydrogen (secondary N) is 1. The lowest BCUT2D eigenvalue weighted by Gasteiger charge is -2.19. The van der Waals surface area contributed by atoms with Crippen molar-refractivity contribution in [1.29, 1.82) is 0 Å². The van der Waals surface area contributed by atoms with E-state index >= 15 is 0 Å². The zero-order valence-electron chi connectivity index (χ0n) is 18.7. The van der Waals surface area contributed by atoms with Crippen LogP contribution in [0, 0.1) is 0 Å². The summed E-state index contributed by atoms with van der Waals surface area (Å²) >= 11 is 0. The standard InChI is InChI=1S/C22H26F2N2O6S/c1-5-26(6-2)33(28,29)16-11-12-18(30-3)17(14-16)25-20(27)13-10-15-8-7-9-19(31-4)21(15)32-22(23)24/h7-14,22H,5-6H2,1-4H3,(H,25,27)/b13-10+. The van der Waals surface area contributed by atoms with Gasteiger partial charge in [-0.1, -0.05) is 26.0 Å². The van der Waals surface area contributed by atoms with Crippen LogP contribution in [0.25, 0.3) is 6.08 Å². The molecule has 0 atom stereocenters. The maximum Gasteiger partial charge on any atom is 0.387 e. The molecule has 8 nitrogen and oxygen atoms in total. The molecule has 0 aromatic heterocycles. The monoisotopic (exact) mass is 484 g/mol. The van der Waals surface area contributed by atoms with E-state index in [2.05, 4.69) is 10.1 Å². The van der Waals surface area contributed by atoms with Crippen LogP contribution in [0.4, 0.5) is 14.5 Å². The molecule has 180 valence electrons. The first-order chi connectivity index (χ1) is 15.7. The fourth-order valence-electron chi connectivity index (χ4n) is 3.04. The molecule has 1 N–H and O–H groups in total. The third kappa shape index (κ3) is 6.42. The number of nitrogens with zero attached hydrogens (tertiary/aromatic N) is 1. The number of anilines is 1. The molecule has 0 bridgehead atoms. The molecule has 2 aromatic rings. The van der Waals surface area contributed by atoms with Crippen LogP contribution in [0.2, 0.25) is 0 Å². The molecular weight excluding hydrogens is 458 g/mol. The van der Waals surface area contributed by atoms with Gasteiger partial charge < -0.3 is 19.5 Å². The van der Waals surface area contributed by atoms with Crippen LogP contribution >= 0.6 is 0 Å². The molecule has 0 fully saturated rings. The predicted octanol–water partition coefficient (Wildman–Crippen LogP) is 3.99. The molecule has 0 spiro atoms. The second kappa shape index (κ2) is 11.6. The molecule has 0 aliphatic heterocycles. The second-order valence-corrected chi connectivity index (χ2v) is 8.47. The Balaban J connectivity index is 2.33. The molecule has 11 heteroatoms. The van der Waals surface area contributed by atoms with E-state index in [9.17, 15) is 22.0 Å². The number of halogens is 2. The molecule has 0 unspecified atom stereocenters. The highest BCUT2D eigenvalue weighted by Crippen LogP contribution is 2.33. The van der Waals surface area contributed by atoms with Crippen LogP contribution in [0.5, 0.6) is 17.2 Å². The summed E-state index contributed by atoms with van der Waals surface area (Å²) in [4.78, 5) is 12.5. The third-order valence-corrected chi connectivity index (χ3v) is 6.67. The van der Waals surface area contributed by atoms with Gasteiger partial charge in [-0.15, -0.1) is 0 Å². The number of rotatable bonds is 11. The number of carbonyl (C=O) groups is 1. The van der Waals surface area contributed by atoms with Crippen molar-refractivity contribution in [1.82, 2.24) is 4.31 Å². The lowest BCUT2D eigenvalue weighted by molar-refractivity contribution is -0.111. The van der Waals surface area contributed by atoms with Crippen LogP contribution in [0.1, 0.15) is 19.4 Å². The molecule has 2 rings (SSSR count). The van der Waals surface area contributed by atoms with E-state index in [1.165, 1.54) is 54.9 Å². The van der Waals surface area contributed by atoms with E-state index in [1.807, 2.05) is 0 Å². The van der Waals surface area contributed by atoms with Gasteiger partial charge in [0.05, 0.1) is 24.8 Å². The minimum atomic E-state index is -3.76. The van der Waals surface area contributed by atoms with E-state index < -0.39 is 22.5 Å². The van der Waals surface area contributed by atoms with E-state index in [1.54, 1.807) is 19.9 Å². The lowest BCUT2D eigenvalue weighted by atomic mass is 10.1. The third-order valence-electron chi connectivity index (χ3n) is 4.62. The number of para-hydroxylation sites is 1. The molecule has 0 saturated carbocycles. The molecule has 2 aromatic carbocycles. The Labute approximate surface area is 191 Å². The molecule has 33 heavy (non-hydrogen) atoms. The topological polar surface area (TPSA) is 94.2 Å². The Morgan fingerprint density at radius 1 is 1.09 bits per heavy atom. The van der Waals surface area contributed by atoms with Crippen molar-refractivity contribution < 1.29 is 36.2 Å². The van der Waals surface area contributed by atoms with Gasteiger partial charge in [0.1, 0.15) is 5.75 Å². The highest BCUT2D eigenvalue weighted by Gasteiger charge is 2.23. The average Bonchev–Trinajstić information content (AvgIpc) is 2.78. The maximum absolute atomic E-state index is 12.8. The molecule has 0 aliphatic rings. The molecule has 1 amide bonds. The summed E-state index contributed by atoms with van der Waals surface area (Å²) < 4.78 is 67.2. The SMILES string of the molecule is CCN(CC)S(=O)(=O)c1ccc(OC)c(NC(=O)/C=C/c2cccc(OC)c2OC(F)F)c1. The van der Waals surface area contributed by atoms with Crippen LogP contribution in [0.3, 0.4) is 0 Å². The van der Waals surface area contributed by atoms with Gasteiger partial charge >= 0.3 is 6.61 Å². The Morgan fingerprint density at radius 2 is 1.76 bits per heavy atom. The molecule has 0 aliphatic carbocycles. The van der Waals surface area contributed by atoms with Gasteiger partial charge in [-0.25, -0.2) is 8.42 Å². The van der Waals surface area contributed by atoms with Crippen LogP contribution < -0.4 is 19.5 Å². The Morgan fingerprint density at radius 3 is 2.33 bits per heavy atom. The number of carbonyl (C=O) groups excluding carboxylic acids is 1. The fourth-order valence-corrected chi connectivity index (χ4v) is 4.52. The second-order valence-electron chi connectivity index (χ2n) is 6.53. The van der Waals surface area contributed by atoms with Gasteiger partial charge in [0.25, 0.3) is 0 Å². The van der Waals surface area contributed by atoms with Crippen molar-refractivity contribution in [3.63, 3.8) is 0 Å². The number of benzene rings is 2. The van der Waals surface area contributed by atoms with Gasteiger partial charge in [0, 0.05) is 24.7 Å². The Bertz CT molecular complexity index is 1100. The first-order valence-corrected chi connectivity index (χ1v) is 11.4. The highest BCUT2D eigenvalue weighted by atomic mass is 32.2. The van der Waals surface area contributed by atoms with Gasteiger partial charge in [-0.05, 0) is 30.3 Å². The number of hydrogen-bond acceptors (Lipinski definition) is 6. The lowest BCUT2D eigenvalue weighted by Crippen LogP contribution is -2.30. The van der Waals surface area contributed by atoms with Crippen molar-refractivity contribution in [2.45, 2.75) is 25.4 Å². The molecular formula is C22H26F2N2O6S. The van der Waals surface area contributed by atoms with E-state index in [4.69, 9.17) is 9.47 Å². The van der Waals surface area contributed by atoms with Crippen molar-refractivity contribution >= 4 is 27.7 Å². The summed E-state index contributed by atoms with van der Waals surface area (Å²) in [6, 6.07) is 8.60. The smallest absolute Gasteiger partial charge is 0.387 e. The fraction of sp³-hybridized carbons (Fsp3) is 0.318. The molecule has 0 radical (unpaired) electrons. The van der Waals surface area contributed by atoms with E-state index in [0.717, 1.165) is 6.08 Å². The highest BCUT2D eigenvalue weighted by molar-refractivity contribution is 7.89. The summed E-state index contributed by atoms with van der Waals surface area (Å²) in [5.74, 6) is -0.535. The quantitative estimate of drug-likeness (QED) is 0.485. The minimum Gasteiger partial charge on any atom is -0.495 e. The van der Waals surface area contributed by atoms with E-state index in [0.29, 0.717) is 13.1 Å². The Kier molecular flexibility index (Phi) is 9.18. The Hall–Kier alpha value is -3.18. The van der Waals surface area contributed by atoms with Gasteiger partial charge in [0.15, 0.2) is 11.5 Å². The number of hydrogen-bond donors (Lipinski definition) is 1. The van der Waals surface area contributed by atoms with Crippen LogP contribution in [0.15, 0.2) is 47.4 Å². The van der Waals surface area contributed by atoms with Crippen LogP contribution in [-0.4, -0.2) is 52.6 Å². The number of sulfonamides is 1. The zero-order chi connectivity index (χ0) is 24.6. The van der Waals surface area contributed by atoms with Gasteiger partial charge in [-0.3, -0.25) is 4.79 Å². The summed E-state index contributed by atoms with van der Waals surface area (Å²) in [6.07, 6.45) is 2.37. The number of ether oxygens (including phenoxy) is 3. The number of methoxy groups -OCH3 is 2. The van der Waals surface area contributed by atoms with Crippen molar-refractivity contribution in [2.24, 2.45) is 0 Å². The summed E-state index contributed by atoms with van der Waals surface area (Å²) in [5, 5.41) is 2.55. The largest absolute Gasteiger partial charge is 0.495 e. The average molecular weight is 485 g/mol. The van der Waals surface area contributed by atoms with Gasteiger partial charge in [-0.2, -0.15) is 13.1 Å². The number of alkyl halides is 2. The first kappa shape index (κ1) is 26.1. The molecule has 0 saturated heterocycles. The number of amides is 1.